The molecule has 0 aliphatic heterocycles. The maximum absolute atomic E-state index is 10.7. The first kappa shape index (κ1) is 9.69. The molecule has 2 heteroatoms. The molecule has 0 bridgehead atoms. The van der Waals surface area contributed by atoms with E-state index in [0.717, 1.165) is 0 Å². The van der Waals surface area contributed by atoms with Crippen LogP contribution in [0.4, 0.5) is 0 Å². The van der Waals surface area contributed by atoms with Crippen LogP contribution in [0.1, 0.15) is 13.8 Å². The van der Waals surface area contributed by atoms with Gasteiger partial charge in [0, 0.05) is 5.57 Å². The molecule has 0 rings (SSSR count). The molecule has 0 aliphatic carbocycles. The summed E-state index contributed by atoms with van der Waals surface area (Å²) < 4.78 is 4.64. The van der Waals surface area contributed by atoms with Crippen molar-refractivity contribution in [1.82, 2.24) is 0 Å². The highest BCUT2D eigenvalue weighted by Crippen LogP contribution is 1.92. The fourth-order valence-corrected chi connectivity index (χ4v) is 0.358. The third-order valence-electron chi connectivity index (χ3n) is 0.906. The number of carbonyl (C=O) groups excluding carboxylic acids is 1. The summed E-state index contributed by atoms with van der Waals surface area (Å²) in [5.41, 5.74) is 0.398. The quantitative estimate of drug-likeness (QED) is 0.268. The fraction of sp³-hybridized carbons (Fsp3) is 0.222. The Hall–Kier alpha value is -1.31. The van der Waals surface area contributed by atoms with E-state index in [1.165, 1.54) is 6.26 Å². The molecule has 0 atom stereocenters. The zero-order valence-electron chi connectivity index (χ0n) is 6.83. The van der Waals surface area contributed by atoms with Gasteiger partial charge in [-0.05, 0) is 19.9 Å². The summed E-state index contributed by atoms with van der Waals surface area (Å²) in [7, 11) is 0. The predicted octanol–water partition coefficient (Wildman–Crippen LogP) is 2.20. The van der Waals surface area contributed by atoms with Gasteiger partial charge >= 0.3 is 5.97 Å². The number of allylic oxidation sites excluding steroid dienone is 3. The Labute approximate surface area is 66.9 Å². The van der Waals surface area contributed by atoms with E-state index in [0.29, 0.717) is 5.57 Å². The number of hydrogen-bond acceptors (Lipinski definition) is 2. The number of carbonyl (C=O) groups is 1. The highest BCUT2D eigenvalue weighted by Gasteiger charge is 1.97. The lowest BCUT2D eigenvalue weighted by Gasteiger charge is -1.94. The van der Waals surface area contributed by atoms with Gasteiger partial charge in [-0.25, -0.2) is 4.79 Å². The first-order valence-electron chi connectivity index (χ1n) is 3.32. The van der Waals surface area contributed by atoms with Crippen LogP contribution in [0.15, 0.2) is 36.6 Å². The van der Waals surface area contributed by atoms with E-state index in [1.54, 1.807) is 19.1 Å². The molecule has 0 N–H and O–H groups in total. The Morgan fingerprint density at radius 3 is 2.55 bits per heavy atom. The lowest BCUT2D eigenvalue weighted by molar-refractivity contribution is -0.133. The summed E-state index contributed by atoms with van der Waals surface area (Å²) in [5, 5.41) is 0. The third-order valence-corrected chi connectivity index (χ3v) is 0.906. The summed E-state index contributed by atoms with van der Waals surface area (Å²) in [5.74, 6) is -0.397. The fourth-order valence-electron chi connectivity index (χ4n) is 0.358. The van der Waals surface area contributed by atoms with E-state index >= 15 is 0 Å². The topological polar surface area (TPSA) is 26.3 Å². The number of rotatable bonds is 3. The molecule has 0 amide bonds. The molecule has 0 aromatic carbocycles. The van der Waals surface area contributed by atoms with Crippen LogP contribution >= 0.6 is 0 Å². The number of esters is 1. The van der Waals surface area contributed by atoms with Crippen LogP contribution in [-0.4, -0.2) is 5.97 Å². The molecule has 0 fully saturated rings. The molecule has 0 heterocycles. The van der Waals surface area contributed by atoms with Gasteiger partial charge in [-0.2, -0.15) is 0 Å². The Kier molecular flexibility index (Phi) is 4.82. The Bertz CT molecular complexity index is 200. The molecule has 0 saturated heterocycles. The molecule has 2 nitrogen and oxygen atoms in total. The molecule has 60 valence electrons. The van der Waals surface area contributed by atoms with Crippen LogP contribution < -0.4 is 0 Å². The van der Waals surface area contributed by atoms with E-state index in [9.17, 15) is 4.79 Å². The maximum atomic E-state index is 10.7. The standard InChI is InChI=1S/C9H12O2/c1-4-5-6-7-11-9(10)8(2)3/h4-7H,2H2,1,3H3. The molecule has 0 aromatic rings. The second-order valence-electron chi connectivity index (χ2n) is 2.04. The monoisotopic (exact) mass is 152 g/mol. The van der Waals surface area contributed by atoms with E-state index in [4.69, 9.17) is 0 Å². The maximum Gasteiger partial charge on any atom is 0.337 e. The van der Waals surface area contributed by atoms with Gasteiger partial charge in [-0.3, -0.25) is 0 Å². The van der Waals surface area contributed by atoms with Gasteiger partial charge in [0.05, 0.1) is 6.26 Å². The zero-order valence-corrected chi connectivity index (χ0v) is 6.83. The Morgan fingerprint density at radius 2 is 2.09 bits per heavy atom. The molecule has 0 aromatic heterocycles. The molecule has 0 aliphatic rings. The molecular formula is C9H12O2. The van der Waals surface area contributed by atoms with Crippen molar-refractivity contribution in [2.45, 2.75) is 13.8 Å². The van der Waals surface area contributed by atoms with Crippen LogP contribution in [0.3, 0.4) is 0 Å². The van der Waals surface area contributed by atoms with Crippen molar-refractivity contribution in [1.29, 1.82) is 0 Å². The summed E-state index contributed by atoms with van der Waals surface area (Å²) in [6, 6.07) is 0. The van der Waals surface area contributed by atoms with Crippen LogP contribution in [-0.2, 0) is 9.53 Å². The Balaban J connectivity index is 3.71. The summed E-state index contributed by atoms with van der Waals surface area (Å²) >= 11 is 0. The predicted molar refractivity (Wildman–Crippen MR) is 44.9 cm³/mol. The van der Waals surface area contributed by atoms with Crippen LogP contribution in [0.5, 0.6) is 0 Å². The molecule has 0 saturated carbocycles. The van der Waals surface area contributed by atoms with E-state index in [2.05, 4.69) is 11.3 Å². The lowest BCUT2D eigenvalue weighted by Crippen LogP contribution is -1.98. The highest BCUT2D eigenvalue weighted by atomic mass is 16.5. The van der Waals surface area contributed by atoms with Gasteiger partial charge in [0.25, 0.3) is 0 Å². The second-order valence-corrected chi connectivity index (χ2v) is 2.04. The minimum atomic E-state index is -0.397. The van der Waals surface area contributed by atoms with Crippen molar-refractivity contribution < 1.29 is 9.53 Å². The summed E-state index contributed by atoms with van der Waals surface area (Å²) in [6.45, 7) is 6.91. The van der Waals surface area contributed by atoms with Crippen molar-refractivity contribution >= 4 is 5.97 Å². The average Bonchev–Trinajstić information content (AvgIpc) is 1.97. The summed E-state index contributed by atoms with van der Waals surface area (Å²) in [6.07, 6.45) is 6.58. The van der Waals surface area contributed by atoms with E-state index in [1.807, 2.05) is 13.0 Å². The minimum absolute atomic E-state index is 0.397. The molecular weight excluding hydrogens is 140 g/mol. The molecule has 0 radical (unpaired) electrons. The Morgan fingerprint density at radius 1 is 1.45 bits per heavy atom. The SMILES string of the molecule is C=C(C)C(=O)OC=CC=CC. The molecule has 0 unspecified atom stereocenters. The van der Waals surface area contributed by atoms with Crippen molar-refractivity contribution in [3.63, 3.8) is 0 Å². The van der Waals surface area contributed by atoms with Crippen LogP contribution in [0.25, 0.3) is 0 Å². The van der Waals surface area contributed by atoms with E-state index < -0.39 is 5.97 Å². The van der Waals surface area contributed by atoms with Crippen molar-refractivity contribution in [2.24, 2.45) is 0 Å². The number of hydrogen-bond donors (Lipinski definition) is 0. The highest BCUT2D eigenvalue weighted by molar-refractivity contribution is 5.87. The van der Waals surface area contributed by atoms with Crippen LogP contribution in [0, 0.1) is 0 Å². The first-order chi connectivity index (χ1) is 5.18. The number of ether oxygens (including phenoxy) is 1. The van der Waals surface area contributed by atoms with Gasteiger partial charge < -0.3 is 4.74 Å². The van der Waals surface area contributed by atoms with Crippen molar-refractivity contribution in [3.05, 3.63) is 36.6 Å². The summed E-state index contributed by atoms with van der Waals surface area (Å²) in [4.78, 5) is 10.7. The largest absolute Gasteiger partial charge is 0.431 e. The van der Waals surface area contributed by atoms with Crippen molar-refractivity contribution in [2.75, 3.05) is 0 Å². The van der Waals surface area contributed by atoms with Gasteiger partial charge in [0.15, 0.2) is 0 Å². The van der Waals surface area contributed by atoms with Crippen LogP contribution in [0.2, 0.25) is 0 Å². The van der Waals surface area contributed by atoms with Gasteiger partial charge in [-0.15, -0.1) is 0 Å². The minimum Gasteiger partial charge on any atom is -0.431 e. The normalized spacial score (nSPS) is 10.7. The first-order valence-corrected chi connectivity index (χ1v) is 3.32. The molecule has 0 spiro atoms. The van der Waals surface area contributed by atoms with Gasteiger partial charge in [-0.1, -0.05) is 18.7 Å². The van der Waals surface area contributed by atoms with E-state index in [-0.39, 0.29) is 0 Å². The smallest absolute Gasteiger partial charge is 0.337 e. The van der Waals surface area contributed by atoms with Gasteiger partial charge in [0.1, 0.15) is 0 Å². The zero-order chi connectivity index (χ0) is 8.69. The molecule has 11 heavy (non-hydrogen) atoms. The average molecular weight is 152 g/mol. The van der Waals surface area contributed by atoms with Gasteiger partial charge in [0.2, 0.25) is 0 Å². The van der Waals surface area contributed by atoms with Crippen molar-refractivity contribution in [3.8, 4) is 0 Å². The second kappa shape index (κ2) is 5.47. The lowest BCUT2D eigenvalue weighted by atomic mass is 10.4. The third kappa shape index (κ3) is 5.15.